The predicted octanol–water partition coefficient (Wildman–Crippen LogP) is 3.38. The molecule has 0 saturated heterocycles. The lowest BCUT2D eigenvalue weighted by Crippen LogP contribution is -2.37. The van der Waals surface area contributed by atoms with E-state index in [0.717, 1.165) is 10.4 Å². The molecular weight excluding hydrogens is 303 g/mol. The van der Waals surface area contributed by atoms with Gasteiger partial charge in [0.1, 0.15) is 11.9 Å². The molecule has 0 spiro atoms. The number of thiophene rings is 1. The third-order valence-corrected chi connectivity index (χ3v) is 4.27. The van der Waals surface area contributed by atoms with Crippen LogP contribution in [0.1, 0.15) is 21.4 Å². The van der Waals surface area contributed by atoms with Crippen molar-refractivity contribution in [1.29, 1.82) is 0 Å². The fraction of sp³-hybridized carbons (Fsp3) is 0.312. The summed E-state index contributed by atoms with van der Waals surface area (Å²) in [5.74, 6) is -0.289. The highest BCUT2D eigenvalue weighted by Crippen LogP contribution is 2.24. The summed E-state index contributed by atoms with van der Waals surface area (Å²) < 4.78 is 18.2. The fourth-order valence-corrected chi connectivity index (χ4v) is 2.91. The van der Waals surface area contributed by atoms with Crippen molar-refractivity contribution in [2.75, 3.05) is 13.7 Å². The van der Waals surface area contributed by atoms with Crippen molar-refractivity contribution in [3.05, 3.63) is 57.5 Å². The third kappa shape index (κ3) is 4.82. The molecule has 0 aliphatic carbocycles. The van der Waals surface area contributed by atoms with Gasteiger partial charge >= 0.3 is 6.03 Å². The molecule has 22 heavy (non-hydrogen) atoms. The van der Waals surface area contributed by atoms with E-state index in [0.29, 0.717) is 13.1 Å². The van der Waals surface area contributed by atoms with E-state index in [9.17, 15) is 9.18 Å². The highest BCUT2D eigenvalue weighted by Gasteiger charge is 2.13. The topological polar surface area (TPSA) is 50.4 Å². The molecule has 1 aromatic heterocycles. The number of amides is 2. The molecule has 1 heterocycles. The van der Waals surface area contributed by atoms with Crippen molar-refractivity contribution in [2.45, 2.75) is 19.6 Å². The number of methoxy groups -OCH3 is 1. The zero-order valence-electron chi connectivity index (χ0n) is 12.6. The Balaban J connectivity index is 1.78. The van der Waals surface area contributed by atoms with Crippen LogP contribution in [0.25, 0.3) is 0 Å². The highest BCUT2D eigenvalue weighted by molar-refractivity contribution is 7.12. The summed E-state index contributed by atoms with van der Waals surface area (Å²) in [6.07, 6.45) is -0.157. The molecular formula is C16H19FN2O2S. The van der Waals surface area contributed by atoms with Crippen LogP contribution in [0.15, 0.2) is 36.4 Å². The maximum atomic E-state index is 12.8. The van der Waals surface area contributed by atoms with Crippen molar-refractivity contribution in [3.63, 3.8) is 0 Å². The zero-order valence-corrected chi connectivity index (χ0v) is 13.4. The van der Waals surface area contributed by atoms with E-state index in [1.165, 1.54) is 17.0 Å². The highest BCUT2D eigenvalue weighted by atomic mass is 32.1. The van der Waals surface area contributed by atoms with Gasteiger partial charge in [-0.3, -0.25) is 0 Å². The molecule has 0 unspecified atom stereocenters. The Morgan fingerprint density at radius 3 is 2.55 bits per heavy atom. The zero-order chi connectivity index (χ0) is 15.9. The van der Waals surface area contributed by atoms with Gasteiger partial charge in [0, 0.05) is 23.4 Å². The SMILES string of the molecule is CO[C@@H](CNC(=O)NCc1ccc(F)cc1)c1ccc(C)s1. The van der Waals surface area contributed by atoms with Gasteiger partial charge in [0.2, 0.25) is 0 Å². The first-order valence-electron chi connectivity index (χ1n) is 6.93. The molecule has 0 bridgehead atoms. The molecule has 2 rings (SSSR count). The van der Waals surface area contributed by atoms with E-state index in [-0.39, 0.29) is 18.0 Å². The first-order valence-corrected chi connectivity index (χ1v) is 7.75. The van der Waals surface area contributed by atoms with E-state index in [4.69, 9.17) is 4.74 Å². The van der Waals surface area contributed by atoms with E-state index < -0.39 is 0 Å². The number of carbonyl (C=O) groups is 1. The molecule has 6 heteroatoms. The number of nitrogens with one attached hydrogen (secondary N) is 2. The van der Waals surface area contributed by atoms with Gasteiger partial charge in [0.15, 0.2) is 0 Å². The lowest BCUT2D eigenvalue weighted by Gasteiger charge is -2.15. The Labute approximate surface area is 133 Å². The molecule has 2 N–H and O–H groups in total. The van der Waals surface area contributed by atoms with Gasteiger partial charge < -0.3 is 15.4 Å². The van der Waals surface area contributed by atoms with Crippen LogP contribution in [0.2, 0.25) is 0 Å². The molecule has 0 fully saturated rings. The van der Waals surface area contributed by atoms with Gasteiger partial charge in [-0.1, -0.05) is 12.1 Å². The third-order valence-electron chi connectivity index (χ3n) is 3.18. The molecule has 2 amide bonds. The lowest BCUT2D eigenvalue weighted by molar-refractivity contribution is 0.107. The van der Waals surface area contributed by atoms with Crippen LogP contribution in [0.5, 0.6) is 0 Å². The molecule has 118 valence electrons. The number of carbonyl (C=O) groups excluding carboxylic acids is 1. The number of benzene rings is 1. The van der Waals surface area contributed by atoms with Crippen LogP contribution >= 0.6 is 11.3 Å². The fourth-order valence-electron chi connectivity index (χ4n) is 1.96. The summed E-state index contributed by atoms with van der Waals surface area (Å²) in [5.41, 5.74) is 0.841. The van der Waals surface area contributed by atoms with E-state index >= 15 is 0 Å². The second kappa shape index (κ2) is 7.91. The van der Waals surface area contributed by atoms with Gasteiger partial charge in [-0.25, -0.2) is 9.18 Å². The monoisotopic (exact) mass is 322 g/mol. The quantitative estimate of drug-likeness (QED) is 0.856. The summed E-state index contributed by atoms with van der Waals surface area (Å²) in [6, 6.07) is 9.78. The Bertz CT molecular complexity index is 613. The van der Waals surface area contributed by atoms with E-state index in [2.05, 4.69) is 10.6 Å². The lowest BCUT2D eigenvalue weighted by atomic mass is 10.2. The number of urea groups is 1. The minimum Gasteiger partial charge on any atom is -0.374 e. The molecule has 1 atom stereocenters. The number of ether oxygens (including phenoxy) is 1. The second-order valence-corrected chi connectivity index (χ2v) is 6.18. The number of aryl methyl sites for hydroxylation is 1. The standard InChI is InChI=1S/C16H19FN2O2S/c1-11-3-8-15(22-11)14(21-2)10-19-16(20)18-9-12-4-6-13(17)7-5-12/h3-8,14H,9-10H2,1-2H3,(H2,18,19,20)/t14-/m0/s1. The molecule has 4 nitrogen and oxygen atoms in total. The Morgan fingerprint density at radius 1 is 1.23 bits per heavy atom. The summed E-state index contributed by atoms with van der Waals surface area (Å²) in [5, 5.41) is 5.51. The van der Waals surface area contributed by atoms with Gasteiger partial charge in [-0.05, 0) is 36.8 Å². The van der Waals surface area contributed by atoms with Crippen LogP contribution in [0.3, 0.4) is 0 Å². The smallest absolute Gasteiger partial charge is 0.315 e. The average molecular weight is 322 g/mol. The summed E-state index contributed by atoms with van der Waals surface area (Å²) in [6.45, 7) is 2.78. The maximum absolute atomic E-state index is 12.8. The molecule has 0 radical (unpaired) electrons. The van der Waals surface area contributed by atoms with Crippen LogP contribution in [-0.4, -0.2) is 19.7 Å². The van der Waals surface area contributed by atoms with E-state index in [1.54, 1.807) is 30.6 Å². The number of hydrogen-bond donors (Lipinski definition) is 2. The Hall–Kier alpha value is -1.92. The van der Waals surface area contributed by atoms with Crippen molar-refractivity contribution >= 4 is 17.4 Å². The van der Waals surface area contributed by atoms with Crippen molar-refractivity contribution in [3.8, 4) is 0 Å². The predicted molar refractivity (Wildman–Crippen MR) is 85.4 cm³/mol. The van der Waals surface area contributed by atoms with Crippen LogP contribution in [0, 0.1) is 12.7 Å². The van der Waals surface area contributed by atoms with Crippen LogP contribution in [0.4, 0.5) is 9.18 Å². The van der Waals surface area contributed by atoms with Crippen molar-refractivity contribution in [2.24, 2.45) is 0 Å². The summed E-state index contributed by atoms with van der Waals surface area (Å²) in [4.78, 5) is 14.1. The molecule has 2 aromatic rings. The normalized spacial score (nSPS) is 12.0. The maximum Gasteiger partial charge on any atom is 0.315 e. The molecule has 0 aliphatic rings. The van der Waals surface area contributed by atoms with Crippen molar-refractivity contribution < 1.29 is 13.9 Å². The molecule has 1 aromatic carbocycles. The summed E-state index contributed by atoms with van der Waals surface area (Å²) >= 11 is 1.65. The Morgan fingerprint density at radius 2 is 1.95 bits per heavy atom. The average Bonchev–Trinajstić information content (AvgIpc) is 2.94. The summed E-state index contributed by atoms with van der Waals surface area (Å²) in [7, 11) is 1.62. The van der Waals surface area contributed by atoms with Gasteiger partial charge in [-0.15, -0.1) is 11.3 Å². The first kappa shape index (κ1) is 16.5. The van der Waals surface area contributed by atoms with Crippen molar-refractivity contribution in [1.82, 2.24) is 10.6 Å². The van der Waals surface area contributed by atoms with Gasteiger partial charge in [0.05, 0.1) is 6.54 Å². The first-order chi connectivity index (χ1) is 10.6. The second-order valence-electron chi connectivity index (χ2n) is 4.86. The van der Waals surface area contributed by atoms with Gasteiger partial charge in [-0.2, -0.15) is 0 Å². The number of halogens is 1. The van der Waals surface area contributed by atoms with Crippen LogP contribution in [-0.2, 0) is 11.3 Å². The van der Waals surface area contributed by atoms with E-state index in [1.807, 2.05) is 19.1 Å². The van der Waals surface area contributed by atoms with Crippen LogP contribution < -0.4 is 10.6 Å². The minimum atomic E-state index is -0.289. The Kier molecular flexibility index (Phi) is 5.91. The minimum absolute atomic E-state index is 0.157. The van der Waals surface area contributed by atoms with Gasteiger partial charge in [0.25, 0.3) is 0 Å². The largest absolute Gasteiger partial charge is 0.374 e. The number of rotatable bonds is 6. The molecule has 0 aliphatic heterocycles. The number of hydrogen-bond acceptors (Lipinski definition) is 3. The molecule has 0 saturated carbocycles.